The normalized spacial score (nSPS) is 42.9. The third kappa shape index (κ3) is 2.48. The lowest BCUT2D eigenvalue weighted by molar-refractivity contribution is -0.129. The number of nitrogens with one attached hydrogen (secondary N) is 1. The number of alkyl halides is 1. The van der Waals surface area contributed by atoms with E-state index in [0.717, 1.165) is 29.5 Å². The van der Waals surface area contributed by atoms with Gasteiger partial charge in [0.05, 0.1) is 0 Å². The van der Waals surface area contributed by atoms with Gasteiger partial charge in [0, 0.05) is 17.8 Å². The van der Waals surface area contributed by atoms with E-state index < -0.39 is 0 Å². The van der Waals surface area contributed by atoms with Gasteiger partial charge in [0.1, 0.15) is 0 Å². The van der Waals surface area contributed by atoms with Crippen LogP contribution >= 0.6 is 15.9 Å². The molecular formula is C15H24BrNO. The molecule has 1 N–H and O–H groups in total. The van der Waals surface area contributed by atoms with Crippen molar-refractivity contribution in [3.8, 4) is 0 Å². The lowest BCUT2D eigenvalue weighted by Gasteiger charge is -2.56. The fraction of sp³-hybridized carbons (Fsp3) is 0.933. The van der Waals surface area contributed by atoms with Gasteiger partial charge in [-0.05, 0) is 68.6 Å². The number of carbonyl (C=O) groups is 1. The van der Waals surface area contributed by atoms with Gasteiger partial charge in [-0.2, -0.15) is 0 Å². The molecule has 2 nitrogen and oxygen atoms in total. The summed E-state index contributed by atoms with van der Waals surface area (Å²) in [6.07, 6.45) is 9.14. The maximum Gasteiger partial charge on any atom is 0.220 e. The highest BCUT2D eigenvalue weighted by Crippen LogP contribution is 2.61. The van der Waals surface area contributed by atoms with E-state index in [2.05, 4.69) is 28.2 Å². The van der Waals surface area contributed by atoms with E-state index in [9.17, 15) is 4.79 Å². The van der Waals surface area contributed by atoms with Gasteiger partial charge in [-0.1, -0.05) is 15.9 Å². The van der Waals surface area contributed by atoms with E-state index in [4.69, 9.17) is 0 Å². The number of carbonyl (C=O) groups excluding carboxylic acids is 1. The monoisotopic (exact) mass is 313 g/mol. The Hall–Kier alpha value is -0.0500. The molecule has 1 amide bonds. The van der Waals surface area contributed by atoms with E-state index in [1.165, 1.54) is 38.5 Å². The van der Waals surface area contributed by atoms with Crippen LogP contribution in [0.4, 0.5) is 0 Å². The number of rotatable bonds is 4. The Morgan fingerprint density at radius 2 is 1.72 bits per heavy atom. The molecular weight excluding hydrogens is 290 g/mol. The molecule has 0 aliphatic heterocycles. The summed E-state index contributed by atoms with van der Waals surface area (Å²) in [5.74, 6) is 3.11. The molecule has 3 heteroatoms. The molecule has 18 heavy (non-hydrogen) atoms. The van der Waals surface area contributed by atoms with Crippen molar-refractivity contribution in [1.29, 1.82) is 0 Å². The Labute approximate surface area is 118 Å². The summed E-state index contributed by atoms with van der Waals surface area (Å²) in [5.41, 5.74) is 0.380. The molecule has 0 aromatic heterocycles. The smallest absolute Gasteiger partial charge is 0.220 e. The lowest BCUT2D eigenvalue weighted by Crippen LogP contribution is -2.48. The number of hydrogen-bond donors (Lipinski definition) is 1. The van der Waals surface area contributed by atoms with Crippen LogP contribution in [0.5, 0.6) is 0 Å². The van der Waals surface area contributed by atoms with E-state index in [-0.39, 0.29) is 11.9 Å². The minimum Gasteiger partial charge on any atom is -0.353 e. The van der Waals surface area contributed by atoms with Crippen LogP contribution in [0.3, 0.4) is 0 Å². The summed E-state index contributed by atoms with van der Waals surface area (Å²) in [5, 5.41) is 3.97. The molecule has 4 saturated carbocycles. The van der Waals surface area contributed by atoms with E-state index in [0.29, 0.717) is 5.41 Å². The van der Waals surface area contributed by atoms with Gasteiger partial charge in [-0.25, -0.2) is 0 Å². The largest absolute Gasteiger partial charge is 0.353 e. The summed E-state index contributed by atoms with van der Waals surface area (Å²) in [7, 11) is 0. The summed E-state index contributed by atoms with van der Waals surface area (Å²) < 4.78 is 0. The predicted octanol–water partition coefficient (Wildman–Crippen LogP) is 3.49. The van der Waals surface area contributed by atoms with Gasteiger partial charge in [0.15, 0.2) is 0 Å². The second-order valence-electron chi connectivity index (χ2n) is 7.22. The van der Waals surface area contributed by atoms with Crippen molar-refractivity contribution in [1.82, 2.24) is 5.32 Å². The van der Waals surface area contributed by atoms with Crippen LogP contribution in [0.25, 0.3) is 0 Å². The van der Waals surface area contributed by atoms with Crippen LogP contribution in [0.15, 0.2) is 0 Å². The van der Waals surface area contributed by atoms with Crippen LogP contribution in [-0.4, -0.2) is 17.3 Å². The first-order valence-corrected chi connectivity index (χ1v) is 8.56. The van der Waals surface area contributed by atoms with E-state index in [1.54, 1.807) is 0 Å². The average Bonchev–Trinajstić information content (AvgIpc) is 2.25. The molecule has 4 rings (SSSR count). The first kappa shape index (κ1) is 13.0. The molecule has 0 saturated heterocycles. The highest BCUT2D eigenvalue weighted by Gasteiger charge is 2.51. The molecule has 1 atom stereocenters. The maximum absolute atomic E-state index is 12.2. The van der Waals surface area contributed by atoms with Crippen LogP contribution in [-0.2, 0) is 4.79 Å². The van der Waals surface area contributed by atoms with Crippen molar-refractivity contribution >= 4 is 21.8 Å². The fourth-order valence-corrected chi connectivity index (χ4v) is 5.37. The number of amides is 1. The van der Waals surface area contributed by atoms with Crippen molar-refractivity contribution in [2.45, 2.75) is 57.9 Å². The van der Waals surface area contributed by atoms with Crippen LogP contribution in [0.1, 0.15) is 51.9 Å². The fourth-order valence-electron chi connectivity index (χ4n) is 5.21. The van der Waals surface area contributed by atoms with Gasteiger partial charge in [-0.15, -0.1) is 0 Å². The highest BCUT2D eigenvalue weighted by molar-refractivity contribution is 9.09. The molecule has 4 fully saturated rings. The molecule has 0 aromatic carbocycles. The van der Waals surface area contributed by atoms with Crippen LogP contribution in [0, 0.1) is 23.2 Å². The van der Waals surface area contributed by atoms with Crippen molar-refractivity contribution in [2.24, 2.45) is 23.2 Å². The van der Waals surface area contributed by atoms with Gasteiger partial charge in [0.25, 0.3) is 0 Å². The van der Waals surface area contributed by atoms with Crippen molar-refractivity contribution in [3.63, 3.8) is 0 Å². The Morgan fingerprint density at radius 3 is 2.17 bits per heavy atom. The van der Waals surface area contributed by atoms with E-state index >= 15 is 0 Å². The standard InChI is InChI=1S/C15H24BrNO/c1-10(9-16)17-14(18)8-15-5-11-2-12(6-15)4-13(3-11)7-15/h10-13H,2-9H2,1H3,(H,17,18). The minimum absolute atomic E-state index is 0.256. The summed E-state index contributed by atoms with van der Waals surface area (Å²) in [6, 6.07) is 0.256. The zero-order valence-electron chi connectivity index (χ0n) is 11.3. The molecule has 1 unspecified atom stereocenters. The first-order valence-electron chi connectivity index (χ1n) is 7.44. The molecule has 4 aliphatic carbocycles. The minimum atomic E-state index is 0.256. The molecule has 0 spiro atoms. The summed E-state index contributed by atoms with van der Waals surface area (Å²) in [4.78, 5) is 12.2. The van der Waals surface area contributed by atoms with Crippen molar-refractivity contribution < 1.29 is 4.79 Å². The third-order valence-corrected chi connectivity index (χ3v) is 6.31. The molecule has 0 heterocycles. The van der Waals surface area contributed by atoms with Crippen molar-refractivity contribution in [2.75, 3.05) is 5.33 Å². The van der Waals surface area contributed by atoms with Gasteiger partial charge < -0.3 is 5.32 Å². The lowest BCUT2D eigenvalue weighted by atomic mass is 9.49. The Morgan fingerprint density at radius 1 is 1.22 bits per heavy atom. The molecule has 0 aromatic rings. The van der Waals surface area contributed by atoms with Gasteiger partial charge in [0.2, 0.25) is 5.91 Å². The molecule has 4 bridgehead atoms. The Balaban J connectivity index is 1.63. The van der Waals surface area contributed by atoms with Crippen molar-refractivity contribution in [3.05, 3.63) is 0 Å². The maximum atomic E-state index is 12.2. The topological polar surface area (TPSA) is 29.1 Å². The number of hydrogen-bond acceptors (Lipinski definition) is 1. The van der Waals surface area contributed by atoms with Gasteiger partial charge in [-0.3, -0.25) is 4.79 Å². The second-order valence-corrected chi connectivity index (χ2v) is 7.86. The summed E-state index contributed by atoms with van der Waals surface area (Å²) in [6.45, 7) is 2.06. The average molecular weight is 314 g/mol. The SMILES string of the molecule is CC(CBr)NC(=O)CC12CC3CC(CC(C3)C1)C2. The van der Waals surface area contributed by atoms with Crippen LogP contribution in [0.2, 0.25) is 0 Å². The molecule has 0 radical (unpaired) electrons. The molecule has 102 valence electrons. The quantitative estimate of drug-likeness (QED) is 0.791. The third-order valence-electron chi connectivity index (χ3n) is 5.34. The highest BCUT2D eigenvalue weighted by atomic mass is 79.9. The number of halogens is 1. The zero-order valence-corrected chi connectivity index (χ0v) is 12.8. The zero-order chi connectivity index (χ0) is 12.8. The van der Waals surface area contributed by atoms with E-state index in [1.807, 2.05) is 0 Å². The second kappa shape index (κ2) is 4.81. The summed E-state index contributed by atoms with van der Waals surface area (Å²) >= 11 is 3.42. The Kier molecular flexibility index (Phi) is 3.46. The first-order chi connectivity index (χ1) is 8.58. The predicted molar refractivity (Wildman–Crippen MR) is 76.6 cm³/mol. The molecule has 4 aliphatic rings. The Bertz CT molecular complexity index is 306. The van der Waals surface area contributed by atoms with Gasteiger partial charge >= 0.3 is 0 Å². The van der Waals surface area contributed by atoms with Crippen LogP contribution < -0.4 is 5.32 Å².